The molecule has 22 heavy (non-hydrogen) atoms. The molecule has 112 valence electrons. The average Bonchev–Trinajstić information content (AvgIpc) is 3.04. The number of H-pyrrole nitrogens is 1. The minimum Gasteiger partial charge on any atom is -0.282 e. The van der Waals surface area contributed by atoms with Gasteiger partial charge in [-0.05, 0) is 19.4 Å². The minimum atomic E-state index is 0.0816. The van der Waals surface area contributed by atoms with Crippen LogP contribution >= 0.6 is 11.3 Å². The largest absolute Gasteiger partial charge is 0.282 e. The molecule has 3 aromatic heterocycles. The zero-order valence-electron chi connectivity index (χ0n) is 12.8. The predicted octanol–water partition coefficient (Wildman–Crippen LogP) is 3.06. The number of rotatable bonds is 2. The number of aromatic amines is 1. The van der Waals surface area contributed by atoms with Gasteiger partial charge >= 0.3 is 0 Å². The Morgan fingerprint density at radius 2 is 2.18 bits per heavy atom. The highest BCUT2D eigenvalue weighted by atomic mass is 32.1. The molecule has 0 bridgehead atoms. The van der Waals surface area contributed by atoms with E-state index in [0.29, 0.717) is 6.42 Å². The van der Waals surface area contributed by atoms with Gasteiger partial charge in [-0.25, -0.2) is 15.0 Å². The van der Waals surface area contributed by atoms with Gasteiger partial charge in [0.15, 0.2) is 0 Å². The molecule has 0 amide bonds. The first-order valence-electron chi connectivity index (χ1n) is 7.34. The second-order valence-electron chi connectivity index (χ2n) is 6.40. The number of aryl methyl sites for hydroxylation is 1. The molecule has 0 fully saturated rings. The van der Waals surface area contributed by atoms with Gasteiger partial charge < -0.3 is 0 Å². The van der Waals surface area contributed by atoms with Crippen LogP contribution in [0.4, 0.5) is 0 Å². The lowest BCUT2D eigenvalue weighted by atomic mass is 9.79. The monoisotopic (exact) mass is 311 g/mol. The quantitative estimate of drug-likeness (QED) is 0.790. The number of nitrogens with one attached hydrogen (secondary N) is 1. The van der Waals surface area contributed by atoms with E-state index in [-0.39, 0.29) is 5.41 Å². The van der Waals surface area contributed by atoms with Crippen molar-refractivity contribution >= 4 is 11.3 Å². The molecule has 0 saturated heterocycles. The van der Waals surface area contributed by atoms with E-state index < -0.39 is 0 Å². The molecule has 1 N–H and O–H groups in total. The third kappa shape index (κ3) is 2.14. The Balaban J connectivity index is 1.76. The summed E-state index contributed by atoms with van der Waals surface area (Å²) in [5.74, 6) is 0.830. The standard InChI is InChI=1S/C16H17N5S/c1-9-4-5-17-12(19-9)6-13-20-14-10-8-18-21-11(10)7-16(2,3)15(14)22-13/h4-5,8H,6-7H2,1-3H3,(H,18,21). The van der Waals surface area contributed by atoms with Gasteiger partial charge in [0.1, 0.15) is 10.8 Å². The summed E-state index contributed by atoms with van der Waals surface area (Å²) in [4.78, 5) is 15.0. The summed E-state index contributed by atoms with van der Waals surface area (Å²) in [5.41, 5.74) is 4.47. The maximum atomic E-state index is 4.86. The fourth-order valence-electron chi connectivity index (χ4n) is 2.98. The predicted molar refractivity (Wildman–Crippen MR) is 86.0 cm³/mol. The smallest absolute Gasteiger partial charge is 0.135 e. The molecule has 0 radical (unpaired) electrons. The zero-order chi connectivity index (χ0) is 15.3. The molecule has 0 spiro atoms. The molecule has 0 aliphatic heterocycles. The third-order valence-corrected chi connectivity index (χ3v) is 5.45. The van der Waals surface area contributed by atoms with E-state index in [4.69, 9.17) is 4.98 Å². The first-order chi connectivity index (χ1) is 10.5. The molecule has 0 unspecified atom stereocenters. The van der Waals surface area contributed by atoms with Crippen LogP contribution in [0.15, 0.2) is 18.5 Å². The van der Waals surface area contributed by atoms with Gasteiger partial charge in [-0.15, -0.1) is 11.3 Å². The molecule has 1 aliphatic rings. The number of hydrogen-bond donors (Lipinski definition) is 1. The van der Waals surface area contributed by atoms with E-state index in [1.54, 1.807) is 11.3 Å². The molecule has 5 nitrogen and oxygen atoms in total. The van der Waals surface area contributed by atoms with Gasteiger partial charge in [0.25, 0.3) is 0 Å². The summed E-state index contributed by atoms with van der Waals surface area (Å²) >= 11 is 1.78. The highest BCUT2D eigenvalue weighted by Gasteiger charge is 2.35. The Hall–Kier alpha value is -2.08. The molecule has 3 aromatic rings. The van der Waals surface area contributed by atoms with Crippen molar-refractivity contribution in [2.45, 2.75) is 39.0 Å². The topological polar surface area (TPSA) is 67.3 Å². The van der Waals surface area contributed by atoms with Crippen molar-refractivity contribution in [3.63, 3.8) is 0 Å². The molecule has 0 saturated carbocycles. The summed E-state index contributed by atoms with van der Waals surface area (Å²) in [5, 5.41) is 8.37. The molecular formula is C16H17N5S. The fourth-order valence-corrected chi connectivity index (χ4v) is 4.15. The highest BCUT2D eigenvalue weighted by Crippen LogP contribution is 2.45. The summed E-state index contributed by atoms with van der Waals surface area (Å²) in [6.45, 7) is 6.51. The van der Waals surface area contributed by atoms with Crippen molar-refractivity contribution in [3.05, 3.63) is 45.6 Å². The Morgan fingerprint density at radius 3 is 3.00 bits per heavy atom. The maximum Gasteiger partial charge on any atom is 0.135 e. The second kappa shape index (κ2) is 4.71. The van der Waals surface area contributed by atoms with E-state index in [1.807, 2.05) is 25.4 Å². The lowest BCUT2D eigenvalue weighted by Crippen LogP contribution is -2.23. The van der Waals surface area contributed by atoms with Crippen LogP contribution in [-0.4, -0.2) is 25.1 Å². The van der Waals surface area contributed by atoms with Gasteiger partial charge in [0.05, 0.1) is 18.3 Å². The summed E-state index contributed by atoms with van der Waals surface area (Å²) in [6, 6.07) is 1.91. The van der Waals surface area contributed by atoms with Crippen LogP contribution in [0.1, 0.15) is 40.9 Å². The van der Waals surface area contributed by atoms with Gasteiger partial charge in [0, 0.05) is 33.4 Å². The van der Waals surface area contributed by atoms with Crippen LogP contribution < -0.4 is 0 Å². The van der Waals surface area contributed by atoms with Crippen molar-refractivity contribution < 1.29 is 0 Å². The normalized spacial score (nSPS) is 15.4. The number of nitrogens with zero attached hydrogens (tertiary/aromatic N) is 4. The van der Waals surface area contributed by atoms with E-state index in [2.05, 4.69) is 34.0 Å². The number of hydrogen-bond acceptors (Lipinski definition) is 5. The molecule has 0 aromatic carbocycles. The van der Waals surface area contributed by atoms with Crippen LogP contribution in [0.5, 0.6) is 0 Å². The molecule has 0 atom stereocenters. The Kier molecular flexibility index (Phi) is 2.91. The van der Waals surface area contributed by atoms with Gasteiger partial charge in [0.2, 0.25) is 0 Å². The summed E-state index contributed by atoms with van der Waals surface area (Å²) in [7, 11) is 0. The fraction of sp³-hybridized carbons (Fsp3) is 0.375. The summed E-state index contributed by atoms with van der Waals surface area (Å²) < 4.78 is 0. The average molecular weight is 311 g/mol. The van der Waals surface area contributed by atoms with E-state index in [9.17, 15) is 0 Å². The van der Waals surface area contributed by atoms with Crippen LogP contribution in [0.2, 0.25) is 0 Å². The first-order valence-corrected chi connectivity index (χ1v) is 8.16. The van der Waals surface area contributed by atoms with Crippen LogP contribution in [0.3, 0.4) is 0 Å². The Morgan fingerprint density at radius 1 is 1.32 bits per heavy atom. The summed E-state index contributed by atoms with van der Waals surface area (Å²) in [6.07, 6.45) is 5.35. The van der Waals surface area contributed by atoms with Crippen LogP contribution in [-0.2, 0) is 18.3 Å². The first kappa shape index (κ1) is 13.6. The highest BCUT2D eigenvalue weighted by molar-refractivity contribution is 7.12. The van der Waals surface area contributed by atoms with Crippen LogP contribution in [0.25, 0.3) is 11.3 Å². The minimum absolute atomic E-state index is 0.0816. The number of aromatic nitrogens is 5. The second-order valence-corrected chi connectivity index (χ2v) is 7.48. The van der Waals surface area contributed by atoms with Crippen molar-refractivity contribution in [1.82, 2.24) is 25.1 Å². The number of fused-ring (bicyclic) bond motifs is 3. The lowest BCUT2D eigenvalue weighted by Gasteiger charge is -2.27. The number of thiazole rings is 1. The maximum absolute atomic E-state index is 4.86. The van der Waals surface area contributed by atoms with Gasteiger partial charge in [-0.2, -0.15) is 5.10 Å². The molecule has 3 heterocycles. The molecule has 6 heteroatoms. The van der Waals surface area contributed by atoms with Crippen molar-refractivity contribution in [1.29, 1.82) is 0 Å². The lowest BCUT2D eigenvalue weighted by molar-refractivity contribution is 0.519. The zero-order valence-corrected chi connectivity index (χ0v) is 13.7. The van der Waals surface area contributed by atoms with Crippen molar-refractivity contribution in [2.75, 3.05) is 0 Å². The van der Waals surface area contributed by atoms with Crippen LogP contribution in [0, 0.1) is 6.92 Å². The Bertz CT molecular complexity index is 846. The van der Waals surface area contributed by atoms with E-state index in [0.717, 1.165) is 34.2 Å². The Labute approximate surface area is 132 Å². The van der Waals surface area contributed by atoms with E-state index in [1.165, 1.54) is 10.6 Å². The molecule has 4 rings (SSSR count). The molecule has 1 aliphatic carbocycles. The van der Waals surface area contributed by atoms with Gasteiger partial charge in [-0.1, -0.05) is 13.8 Å². The SMILES string of the molecule is Cc1ccnc(Cc2nc3c(s2)C(C)(C)Cc2[nH]ncc2-3)n1. The van der Waals surface area contributed by atoms with E-state index >= 15 is 0 Å². The van der Waals surface area contributed by atoms with Crippen molar-refractivity contribution in [2.24, 2.45) is 0 Å². The van der Waals surface area contributed by atoms with Crippen molar-refractivity contribution in [3.8, 4) is 11.3 Å². The van der Waals surface area contributed by atoms with Gasteiger partial charge in [-0.3, -0.25) is 5.10 Å². The third-order valence-electron chi connectivity index (χ3n) is 4.03. The molecular weight excluding hydrogens is 294 g/mol.